The van der Waals surface area contributed by atoms with E-state index in [0.717, 1.165) is 19.3 Å². The molecule has 0 aliphatic carbocycles. The SMILES string of the molecule is CCCCCCCCCCCOS(=O)(=O)Oc1ccccc1. The highest BCUT2D eigenvalue weighted by Crippen LogP contribution is 2.13. The van der Waals surface area contributed by atoms with Gasteiger partial charge in [0.25, 0.3) is 0 Å². The third-order valence-corrected chi connectivity index (χ3v) is 4.27. The molecular weight excluding hydrogens is 300 g/mol. The minimum absolute atomic E-state index is 0.186. The molecule has 0 N–H and O–H groups in total. The maximum absolute atomic E-state index is 11.6. The number of hydrogen-bond acceptors (Lipinski definition) is 4. The van der Waals surface area contributed by atoms with Crippen LogP contribution in [-0.2, 0) is 14.6 Å². The Morgan fingerprint density at radius 3 is 1.95 bits per heavy atom. The van der Waals surface area contributed by atoms with Crippen LogP contribution in [0.15, 0.2) is 30.3 Å². The van der Waals surface area contributed by atoms with E-state index in [4.69, 9.17) is 8.37 Å². The van der Waals surface area contributed by atoms with Gasteiger partial charge in [0.2, 0.25) is 0 Å². The molecule has 4 nitrogen and oxygen atoms in total. The fourth-order valence-corrected chi connectivity index (χ4v) is 2.91. The lowest BCUT2D eigenvalue weighted by Gasteiger charge is -2.06. The van der Waals surface area contributed by atoms with Crippen LogP contribution < -0.4 is 4.18 Å². The van der Waals surface area contributed by atoms with Crippen molar-refractivity contribution in [3.63, 3.8) is 0 Å². The van der Waals surface area contributed by atoms with E-state index in [1.807, 2.05) is 0 Å². The first-order valence-electron chi connectivity index (χ1n) is 8.28. The van der Waals surface area contributed by atoms with Crippen molar-refractivity contribution in [2.75, 3.05) is 6.61 Å². The summed E-state index contributed by atoms with van der Waals surface area (Å²) in [6, 6.07) is 8.39. The summed E-state index contributed by atoms with van der Waals surface area (Å²) in [5, 5.41) is 0. The van der Waals surface area contributed by atoms with Gasteiger partial charge < -0.3 is 4.18 Å². The molecule has 0 unspecified atom stereocenters. The largest absolute Gasteiger partial charge is 0.449 e. The third-order valence-electron chi connectivity index (χ3n) is 3.42. The highest BCUT2D eigenvalue weighted by molar-refractivity contribution is 7.82. The van der Waals surface area contributed by atoms with Crippen molar-refractivity contribution >= 4 is 10.4 Å². The van der Waals surface area contributed by atoms with E-state index in [1.165, 1.54) is 38.5 Å². The normalized spacial score (nSPS) is 11.5. The average Bonchev–Trinajstić information content (AvgIpc) is 2.49. The fraction of sp³-hybridized carbons (Fsp3) is 0.647. The Labute approximate surface area is 135 Å². The summed E-state index contributed by atoms with van der Waals surface area (Å²) in [6.07, 6.45) is 10.6. The predicted octanol–water partition coefficient (Wildman–Crippen LogP) is 4.86. The molecule has 0 bridgehead atoms. The van der Waals surface area contributed by atoms with Crippen LogP contribution in [0.2, 0.25) is 0 Å². The van der Waals surface area contributed by atoms with E-state index in [-0.39, 0.29) is 12.4 Å². The molecule has 0 atom stereocenters. The number of unbranched alkanes of at least 4 members (excludes halogenated alkanes) is 8. The lowest BCUT2D eigenvalue weighted by Crippen LogP contribution is -2.14. The van der Waals surface area contributed by atoms with Crippen molar-refractivity contribution in [3.8, 4) is 5.75 Å². The first kappa shape index (κ1) is 19.0. The van der Waals surface area contributed by atoms with Crippen LogP contribution in [0.3, 0.4) is 0 Å². The zero-order valence-corrected chi connectivity index (χ0v) is 14.3. The molecule has 0 amide bonds. The van der Waals surface area contributed by atoms with Gasteiger partial charge in [-0.05, 0) is 18.6 Å². The summed E-state index contributed by atoms with van der Waals surface area (Å²) in [5.74, 6) is 0.273. The van der Waals surface area contributed by atoms with Gasteiger partial charge in [0.15, 0.2) is 0 Å². The summed E-state index contributed by atoms with van der Waals surface area (Å²) in [6.45, 7) is 2.40. The maximum Gasteiger partial charge on any atom is 0.449 e. The van der Waals surface area contributed by atoms with Gasteiger partial charge in [-0.15, -0.1) is 0 Å². The van der Waals surface area contributed by atoms with Gasteiger partial charge in [-0.25, -0.2) is 4.18 Å². The van der Waals surface area contributed by atoms with Crippen molar-refractivity contribution in [2.45, 2.75) is 64.7 Å². The first-order chi connectivity index (χ1) is 10.6. The minimum Gasteiger partial charge on any atom is -0.362 e. The van der Waals surface area contributed by atoms with Gasteiger partial charge in [-0.1, -0.05) is 76.5 Å². The van der Waals surface area contributed by atoms with Gasteiger partial charge in [0.1, 0.15) is 5.75 Å². The Morgan fingerprint density at radius 2 is 1.36 bits per heavy atom. The number of benzene rings is 1. The lowest BCUT2D eigenvalue weighted by molar-refractivity contribution is 0.265. The molecular formula is C17H28O4S. The van der Waals surface area contributed by atoms with Crippen molar-refractivity contribution in [1.29, 1.82) is 0 Å². The molecule has 0 spiro atoms. The Bertz CT molecular complexity index is 471. The summed E-state index contributed by atoms with van der Waals surface area (Å²) in [7, 11) is -3.94. The van der Waals surface area contributed by atoms with Crippen molar-refractivity contribution in [1.82, 2.24) is 0 Å². The monoisotopic (exact) mass is 328 g/mol. The topological polar surface area (TPSA) is 52.6 Å². The molecule has 0 radical (unpaired) electrons. The van der Waals surface area contributed by atoms with Crippen LogP contribution in [0.25, 0.3) is 0 Å². The van der Waals surface area contributed by atoms with Crippen molar-refractivity contribution in [2.24, 2.45) is 0 Å². The standard InChI is InChI=1S/C17H28O4S/c1-2-3-4-5-6-7-8-9-13-16-20-22(18,19)21-17-14-11-10-12-15-17/h10-12,14-15H,2-9,13,16H2,1H3. The molecule has 0 aromatic heterocycles. The van der Waals surface area contributed by atoms with Crippen molar-refractivity contribution < 1.29 is 16.8 Å². The molecule has 1 aromatic rings. The predicted molar refractivity (Wildman–Crippen MR) is 89.2 cm³/mol. The molecule has 1 aromatic carbocycles. The fourth-order valence-electron chi connectivity index (χ4n) is 2.19. The van der Waals surface area contributed by atoms with Crippen LogP contribution in [0.5, 0.6) is 5.75 Å². The first-order valence-corrected chi connectivity index (χ1v) is 9.61. The second-order valence-corrected chi connectivity index (χ2v) is 6.67. The molecule has 0 fully saturated rings. The molecule has 0 aliphatic heterocycles. The van der Waals surface area contributed by atoms with Crippen LogP contribution >= 0.6 is 0 Å². The van der Waals surface area contributed by atoms with E-state index in [2.05, 4.69) is 6.92 Å². The molecule has 0 heterocycles. The van der Waals surface area contributed by atoms with Crippen LogP contribution in [0, 0.1) is 0 Å². The van der Waals surface area contributed by atoms with Gasteiger partial charge in [-0.2, -0.15) is 8.42 Å². The van der Waals surface area contributed by atoms with Gasteiger partial charge in [0.05, 0.1) is 6.61 Å². The summed E-state index contributed by atoms with van der Waals surface area (Å²) >= 11 is 0. The maximum atomic E-state index is 11.6. The van der Waals surface area contributed by atoms with Crippen LogP contribution in [0.1, 0.15) is 64.7 Å². The molecule has 1 rings (SSSR count). The Balaban J connectivity index is 2.02. The van der Waals surface area contributed by atoms with E-state index in [0.29, 0.717) is 0 Å². The van der Waals surface area contributed by atoms with E-state index >= 15 is 0 Å². The Hall–Kier alpha value is -1.07. The smallest absolute Gasteiger partial charge is 0.362 e. The van der Waals surface area contributed by atoms with E-state index in [1.54, 1.807) is 30.3 Å². The minimum atomic E-state index is -3.94. The molecule has 126 valence electrons. The lowest BCUT2D eigenvalue weighted by atomic mass is 10.1. The quantitative estimate of drug-likeness (QED) is 0.485. The molecule has 22 heavy (non-hydrogen) atoms. The second-order valence-electron chi connectivity index (χ2n) is 5.46. The highest BCUT2D eigenvalue weighted by atomic mass is 32.3. The van der Waals surface area contributed by atoms with Gasteiger partial charge in [0, 0.05) is 0 Å². The second kappa shape index (κ2) is 11.5. The van der Waals surface area contributed by atoms with Crippen LogP contribution in [-0.4, -0.2) is 15.0 Å². The summed E-state index contributed by atoms with van der Waals surface area (Å²) in [5.41, 5.74) is 0. The van der Waals surface area contributed by atoms with E-state index in [9.17, 15) is 8.42 Å². The van der Waals surface area contributed by atoms with Gasteiger partial charge >= 0.3 is 10.4 Å². The molecule has 0 saturated heterocycles. The third kappa shape index (κ3) is 9.79. The number of para-hydroxylation sites is 1. The van der Waals surface area contributed by atoms with Crippen molar-refractivity contribution in [3.05, 3.63) is 30.3 Å². The Morgan fingerprint density at radius 1 is 0.818 bits per heavy atom. The average molecular weight is 328 g/mol. The zero-order chi connectivity index (χ0) is 16.1. The molecule has 0 aliphatic rings. The number of rotatable bonds is 13. The van der Waals surface area contributed by atoms with E-state index < -0.39 is 10.4 Å². The molecule has 0 saturated carbocycles. The molecule has 5 heteroatoms. The van der Waals surface area contributed by atoms with Gasteiger partial charge in [-0.3, -0.25) is 0 Å². The number of hydrogen-bond donors (Lipinski definition) is 0. The summed E-state index contributed by atoms with van der Waals surface area (Å²) < 4.78 is 32.9. The summed E-state index contributed by atoms with van der Waals surface area (Å²) in [4.78, 5) is 0. The van der Waals surface area contributed by atoms with Crippen LogP contribution in [0.4, 0.5) is 0 Å². The Kier molecular flexibility index (Phi) is 9.91. The zero-order valence-electron chi connectivity index (χ0n) is 13.5. The highest BCUT2D eigenvalue weighted by Gasteiger charge is 2.12.